The second kappa shape index (κ2) is 7.21. The molecule has 1 aromatic carbocycles. The Morgan fingerprint density at radius 3 is 2.50 bits per heavy atom. The van der Waals surface area contributed by atoms with Crippen molar-refractivity contribution in [3.8, 4) is 0 Å². The van der Waals surface area contributed by atoms with Crippen LogP contribution in [0.3, 0.4) is 0 Å². The smallest absolute Gasteiger partial charge is 0.241 e. The molecule has 134 valence electrons. The Bertz CT molecular complexity index is 586. The van der Waals surface area contributed by atoms with Crippen molar-refractivity contribution in [1.29, 1.82) is 0 Å². The fraction of sp³-hybridized carbons (Fsp3) is 0.632. The quantitative estimate of drug-likeness (QED) is 0.800. The van der Waals surface area contributed by atoms with E-state index in [0.717, 1.165) is 12.1 Å². The molecule has 5 nitrogen and oxygen atoms in total. The Kier molecular flexibility index (Phi) is 5.68. The highest BCUT2D eigenvalue weighted by atomic mass is 16.5. The van der Waals surface area contributed by atoms with Gasteiger partial charge in [0.15, 0.2) is 0 Å². The molecule has 0 aliphatic heterocycles. The number of nitrogens with two attached hydrogens (primary N) is 1. The van der Waals surface area contributed by atoms with Crippen LogP contribution < -0.4 is 11.1 Å². The first kappa shape index (κ1) is 18.9. The zero-order chi connectivity index (χ0) is 18.0. The van der Waals surface area contributed by atoms with Crippen molar-refractivity contribution in [1.82, 2.24) is 10.2 Å². The molecular weight excluding hydrogens is 302 g/mol. The van der Waals surface area contributed by atoms with Gasteiger partial charge in [-0.15, -0.1) is 0 Å². The molecule has 3 N–H and O–H groups in total. The highest BCUT2D eigenvalue weighted by Crippen LogP contribution is 2.49. The fourth-order valence-electron chi connectivity index (χ4n) is 3.38. The Hall–Kier alpha value is -1.43. The van der Waals surface area contributed by atoms with Crippen molar-refractivity contribution >= 4 is 5.91 Å². The number of hydrogen-bond acceptors (Lipinski definition) is 4. The molecule has 1 aliphatic rings. The number of carbonyl (C=O) groups is 1. The highest BCUT2D eigenvalue weighted by molar-refractivity contribution is 5.88. The molecule has 0 spiro atoms. The maximum absolute atomic E-state index is 12.7. The summed E-state index contributed by atoms with van der Waals surface area (Å²) in [5.74, 6) is -0.0943. The lowest BCUT2D eigenvalue weighted by atomic mass is 9.54. The molecule has 5 heteroatoms. The van der Waals surface area contributed by atoms with E-state index < -0.39 is 5.54 Å². The molecule has 1 amide bonds. The minimum absolute atomic E-state index is 0.0410. The predicted molar refractivity (Wildman–Crippen MR) is 96.4 cm³/mol. The number of rotatable bonds is 7. The zero-order valence-corrected chi connectivity index (χ0v) is 15.6. The monoisotopic (exact) mass is 333 g/mol. The van der Waals surface area contributed by atoms with E-state index in [1.165, 1.54) is 5.56 Å². The number of nitrogens with zero attached hydrogens (tertiary/aromatic N) is 1. The van der Waals surface area contributed by atoms with E-state index in [2.05, 4.69) is 22.3 Å². The minimum Gasteiger partial charge on any atom is -0.378 e. The molecular formula is C19H31N3O2. The van der Waals surface area contributed by atoms with Crippen molar-refractivity contribution in [2.45, 2.75) is 51.9 Å². The molecule has 1 saturated carbocycles. The molecule has 0 saturated heterocycles. The molecule has 0 heterocycles. The normalized spacial score (nSPS) is 25.4. The first-order valence-electron chi connectivity index (χ1n) is 8.62. The van der Waals surface area contributed by atoms with Gasteiger partial charge in [0, 0.05) is 31.5 Å². The average Bonchev–Trinajstić information content (AvgIpc) is 2.52. The topological polar surface area (TPSA) is 67.6 Å². The highest BCUT2D eigenvalue weighted by Gasteiger charge is 2.62. The zero-order valence-electron chi connectivity index (χ0n) is 15.6. The van der Waals surface area contributed by atoms with Crippen LogP contribution in [0.15, 0.2) is 24.3 Å². The summed E-state index contributed by atoms with van der Waals surface area (Å²) in [5.41, 5.74) is 7.53. The van der Waals surface area contributed by atoms with Crippen molar-refractivity contribution in [2.24, 2.45) is 11.1 Å². The third kappa shape index (κ3) is 3.48. The summed E-state index contributed by atoms with van der Waals surface area (Å²) < 4.78 is 5.70. The summed E-state index contributed by atoms with van der Waals surface area (Å²) in [4.78, 5) is 14.8. The second-order valence-corrected chi connectivity index (χ2v) is 7.53. The Labute approximate surface area is 145 Å². The summed E-state index contributed by atoms with van der Waals surface area (Å²) in [5, 5.41) is 3.04. The van der Waals surface area contributed by atoms with Crippen LogP contribution in [0.5, 0.6) is 0 Å². The van der Waals surface area contributed by atoms with E-state index in [-0.39, 0.29) is 17.4 Å². The van der Waals surface area contributed by atoms with Crippen molar-refractivity contribution in [3.63, 3.8) is 0 Å². The van der Waals surface area contributed by atoms with E-state index in [0.29, 0.717) is 19.6 Å². The molecule has 0 bridgehead atoms. The molecule has 1 aliphatic carbocycles. The van der Waals surface area contributed by atoms with E-state index in [1.807, 2.05) is 47.0 Å². The number of carbonyl (C=O) groups excluding carboxylic acids is 1. The predicted octanol–water partition coefficient (Wildman–Crippen LogP) is 1.90. The van der Waals surface area contributed by atoms with E-state index in [4.69, 9.17) is 10.5 Å². The van der Waals surface area contributed by atoms with Crippen LogP contribution in [0.2, 0.25) is 0 Å². The molecule has 0 radical (unpaired) electrons. The summed E-state index contributed by atoms with van der Waals surface area (Å²) in [6.45, 7) is 7.97. The standard InChI is InChI=1S/C19H31N3O2/c1-6-24-16-11-19(20,18(16,2)3)17(23)21-12-14-9-7-8-10-15(14)13-22(4)5/h7-10,16H,6,11-13,20H2,1-5H3,(H,21,23). The summed E-state index contributed by atoms with van der Waals surface area (Å²) >= 11 is 0. The van der Waals surface area contributed by atoms with E-state index >= 15 is 0 Å². The largest absolute Gasteiger partial charge is 0.378 e. The Morgan fingerprint density at radius 1 is 1.33 bits per heavy atom. The molecule has 0 aromatic heterocycles. The Morgan fingerprint density at radius 2 is 1.96 bits per heavy atom. The molecule has 1 fully saturated rings. The molecule has 2 rings (SSSR count). The van der Waals surface area contributed by atoms with Crippen LogP contribution >= 0.6 is 0 Å². The fourth-order valence-corrected chi connectivity index (χ4v) is 3.38. The third-order valence-electron chi connectivity index (χ3n) is 5.28. The van der Waals surface area contributed by atoms with Crippen LogP contribution in [0, 0.1) is 5.41 Å². The molecule has 1 aromatic rings. The minimum atomic E-state index is -0.872. The van der Waals surface area contributed by atoms with Crippen LogP contribution in [0.4, 0.5) is 0 Å². The lowest BCUT2D eigenvalue weighted by Crippen LogP contribution is -2.75. The van der Waals surface area contributed by atoms with E-state index in [9.17, 15) is 4.79 Å². The SMILES string of the molecule is CCOC1CC(N)(C(=O)NCc2ccccc2CN(C)C)C1(C)C. The first-order valence-corrected chi connectivity index (χ1v) is 8.62. The lowest BCUT2D eigenvalue weighted by Gasteiger charge is -2.57. The summed E-state index contributed by atoms with van der Waals surface area (Å²) in [6.07, 6.45) is 0.609. The van der Waals surface area contributed by atoms with Crippen LogP contribution in [-0.2, 0) is 22.6 Å². The van der Waals surface area contributed by atoms with Crippen LogP contribution in [0.1, 0.15) is 38.3 Å². The molecule has 24 heavy (non-hydrogen) atoms. The van der Waals surface area contributed by atoms with Crippen LogP contribution in [-0.4, -0.2) is 43.2 Å². The van der Waals surface area contributed by atoms with Gasteiger partial charge in [0.1, 0.15) is 5.54 Å². The van der Waals surface area contributed by atoms with Gasteiger partial charge in [-0.3, -0.25) is 4.79 Å². The van der Waals surface area contributed by atoms with Gasteiger partial charge in [0.05, 0.1) is 6.10 Å². The number of ether oxygens (including phenoxy) is 1. The van der Waals surface area contributed by atoms with Gasteiger partial charge < -0.3 is 20.7 Å². The molecule has 2 atom stereocenters. The first-order chi connectivity index (χ1) is 11.2. The van der Waals surface area contributed by atoms with Gasteiger partial charge in [0.25, 0.3) is 0 Å². The number of nitrogens with one attached hydrogen (secondary N) is 1. The summed E-state index contributed by atoms with van der Waals surface area (Å²) in [7, 11) is 4.07. The summed E-state index contributed by atoms with van der Waals surface area (Å²) in [6, 6.07) is 8.17. The van der Waals surface area contributed by atoms with Gasteiger partial charge in [-0.2, -0.15) is 0 Å². The maximum atomic E-state index is 12.7. The number of benzene rings is 1. The van der Waals surface area contributed by atoms with Gasteiger partial charge in [-0.1, -0.05) is 38.1 Å². The Balaban J connectivity index is 2.02. The van der Waals surface area contributed by atoms with Crippen molar-refractivity contribution in [3.05, 3.63) is 35.4 Å². The second-order valence-electron chi connectivity index (χ2n) is 7.53. The van der Waals surface area contributed by atoms with Gasteiger partial charge in [0.2, 0.25) is 5.91 Å². The average molecular weight is 333 g/mol. The van der Waals surface area contributed by atoms with Crippen LogP contribution in [0.25, 0.3) is 0 Å². The van der Waals surface area contributed by atoms with Crippen molar-refractivity contribution < 1.29 is 9.53 Å². The number of hydrogen-bond donors (Lipinski definition) is 2. The maximum Gasteiger partial charge on any atom is 0.241 e. The van der Waals surface area contributed by atoms with Gasteiger partial charge >= 0.3 is 0 Å². The van der Waals surface area contributed by atoms with E-state index in [1.54, 1.807) is 0 Å². The third-order valence-corrected chi connectivity index (χ3v) is 5.28. The van der Waals surface area contributed by atoms with Gasteiger partial charge in [-0.25, -0.2) is 0 Å². The number of amides is 1. The lowest BCUT2D eigenvalue weighted by molar-refractivity contribution is -0.170. The molecule has 2 unspecified atom stereocenters. The van der Waals surface area contributed by atoms with Crippen molar-refractivity contribution in [2.75, 3.05) is 20.7 Å². The van der Waals surface area contributed by atoms with Gasteiger partial charge in [-0.05, 0) is 32.1 Å².